The molecule has 2 heterocycles. The Hall–Kier alpha value is -3.54. The van der Waals surface area contributed by atoms with Gasteiger partial charge in [-0.1, -0.05) is 18.2 Å². The van der Waals surface area contributed by atoms with Crippen molar-refractivity contribution in [2.75, 3.05) is 0 Å². The molecule has 150 valence electrons. The largest absolute Gasteiger partial charge is 0.292 e. The van der Waals surface area contributed by atoms with Crippen LogP contribution >= 0.6 is 0 Å². The number of rotatable bonds is 4. The Morgan fingerprint density at radius 2 is 1.80 bits per heavy atom. The molecule has 1 aliphatic carbocycles. The third-order valence-corrected chi connectivity index (χ3v) is 5.74. The number of Topliss-reactive ketones (excluding diaryl/α,β-unsaturated/α-hetero) is 1. The number of carbonyl (C=O) groups is 1. The first-order chi connectivity index (χ1) is 14.5. The molecule has 2 aromatic carbocycles. The molecule has 6 nitrogen and oxygen atoms in total. The molecule has 0 spiro atoms. The number of aromatic nitrogens is 4. The second kappa shape index (κ2) is 7.06. The van der Waals surface area contributed by atoms with E-state index in [9.17, 15) is 9.59 Å². The van der Waals surface area contributed by atoms with Crippen molar-refractivity contribution < 1.29 is 4.79 Å². The van der Waals surface area contributed by atoms with Gasteiger partial charge in [0.15, 0.2) is 11.4 Å². The van der Waals surface area contributed by atoms with Crippen LogP contribution in [0.5, 0.6) is 0 Å². The molecule has 0 aliphatic heterocycles. The van der Waals surface area contributed by atoms with E-state index in [1.807, 2.05) is 44.2 Å². The highest BCUT2D eigenvalue weighted by Gasteiger charge is 2.17. The van der Waals surface area contributed by atoms with Crippen LogP contribution in [-0.2, 0) is 19.4 Å². The molecule has 2 aromatic heterocycles. The van der Waals surface area contributed by atoms with Crippen molar-refractivity contribution in [2.24, 2.45) is 0 Å². The second-order valence-electron chi connectivity index (χ2n) is 8.08. The number of ketones is 1. The number of fused-ring (bicyclic) bond motifs is 2. The van der Waals surface area contributed by atoms with Gasteiger partial charge in [-0.2, -0.15) is 5.10 Å². The highest BCUT2D eigenvalue weighted by Crippen LogP contribution is 2.23. The predicted octanol–water partition coefficient (Wildman–Crippen LogP) is 3.57. The smallest absolute Gasteiger partial charge is 0.264 e. The fourth-order valence-electron chi connectivity index (χ4n) is 4.31. The van der Waals surface area contributed by atoms with Crippen LogP contribution in [0.1, 0.15) is 39.0 Å². The van der Waals surface area contributed by atoms with Gasteiger partial charge < -0.3 is 0 Å². The van der Waals surface area contributed by atoms with Gasteiger partial charge in [-0.25, -0.2) is 9.67 Å². The van der Waals surface area contributed by atoms with Gasteiger partial charge in [0.05, 0.1) is 18.4 Å². The summed E-state index contributed by atoms with van der Waals surface area (Å²) in [6, 6.07) is 12.0. The molecule has 1 aliphatic rings. The quantitative estimate of drug-likeness (QED) is 0.493. The topological polar surface area (TPSA) is 69.8 Å². The summed E-state index contributed by atoms with van der Waals surface area (Å²) in [6.07, 6.45) is 6.20. The van der Waals surface area contributed by atoms with E-state index in [0.29, 0.717) is 16.6 Å². The van der Waals surface area contributed by atoms with Crippen molar-refractivity contribution in [2.45, 2.75) is 39.7 Å². The van der Waals surface area contributed by atoms with Gasteiger partial charge >= 0.3 is 0 Å². The maximum absolute atomic E-state index is 13.0. The van der Waals surface area contributed by atoms with Crippen LogP contribution in [0.4, 0.5) is 0 Å². The third kappa shape index (κ3) is 3.14. The van der Waals surface area contributed by atoms with Gasteiger partial charge in [-0.3, -0.25) is 14.2 Å². The lowest BCUT2D eigenvalue weighted by Crippen LogP contribution is -2.24. The van der Waals surface area contributed by atoms with Gasteiger partial charge in [0, 0.05) is 5.56 Å². The van der Waals surface area contributed by atoms with E-state index in [-0.39, 0.29) is 17.9 Å². The summed E-state index contributed by atoms with van der Waals surface area (Å²) >= 11 is 0. The Bertz CT molecular complexity index is 1340. The monoisotopic (exact) mass is 398 g/mol. The molecule has 5 rings (SSSR count). The lowest BCUT2D eigenvalue weighted by molar-refractivity contribution is 0.0970. The molecule has 0 amide bonds. The maximum Gasteiger partial charge on any atom is 0.264 e. The molecule has 0 saturated heterocycles. The fraction of sp³-hybridized carbons (Fsp3) is 0.250. The van der Waals surface area contributed by atoms with Crippen LogP contribution < -0.4 is 5.56 Å². The molecule has 4 aromatic rings. The molecule has 0 bridgehead atoms. The molecule has 0 radical (unpaired) electrons. The highest BCUT2D eigenvalue weighted by molar-refractivity contribution is 5.96. The number of aryl methyl sites for hydroxylation is 4. The average Bonchev–Trinajstić information content (AvgIpc) is 3.35. The minimum atomic E-state index is -0.259. The molecule has 0 saturated carbocycles. The van der Waals surface area contributed by atoms with Crippen molar-refractivity contribution >= 4 is 16.8 Å². The summed E-state index contributed by atoms with van der Waals surface area (Å²) in [5.74, 6) is -0.0883. The van der Waals surface area contributed by atoms with Crippen LogP contribution in [0.15, 0.2) is 53.7 Å². The number of hydrogen-bond acceptors (Lipinski definition) is 4. The molecular formula is C24H22N4O2. The summed E-state index contributed by atoms with van der Waals surface area (Å²) in [5, 5.41) is 4.78. The van der Waals surface area contributed by atoms with Crippen molar-refractivity contribution in [1.82, 2.24) is 19.3 Å². The molecule has 30 heavy (non-hydrogen) atoms. The van der Waals surface area contributed by atoms with E-state index in [0.717, 1.165) is 36.1 Å². The zero-order valence-electron chi connectivity index (χ0n) is 17.1. The Kier molecular flexibility index (Phi) is 4.35. The summed E-state index contributed by atoms with van der Waals surface area (Å²) in [6.45, 7) is 4.01. The Balaban J connectivity index is 1.48. The lowest BCUT2D eigenvalue weighted by atomic mass is 10.0. The molecule has 6 heteroatoms. The van der Waals surface area contributed by atoms with Crippen LogP contribution in [-0.4, -0.2) is 25.1 Å². The molecule has 0 unspecified atom stereocenters. The van der Waals surface area contributed by atoms with Gasteiger partial charge in [0.25, 0.3) is 5.56 Å². The van der Waals surface area contributed by atoms with Crippen molar-refractivity contribution in [3.05, 3.63) is 87.1 Å². The normalized spacial score (nSPS) is 13.0. The molecule has 0 fully saturated rings. The minimum Gasteiger partial charge on any atom is -0.292 e. The second-order valence-corrected chi connectivity index (χ2v) is 8.08. The Morgan fingerprint density at radius 1 is 1.03 bits per heavy atom. The van der Waals surface area contributed by atoms with Gasteiger partial charge in [0.1, 0.15) is 11.7 Å². The SMILES string of the molecule is Cc1cc(C)cc(-n2ncc3c(=O)n(CC(=O)c4ccc5c(c4)CCC5)cnc32)c1. The van der Waals surface area contributed by atoms with E-state index in [4.69, 9.17) is 0 Å². The van der Waals surface area contributed by atoms with Crippen molar-refractivity contribution in [3.63, 3.8) is 0 Å². The van der Waals surface area contributed by atoms with Gasteiger partial charge in [-0.05, 0) is 73.6 Å². The van der Waals surface area contributed by atoms with Gasteiger partial charge in [0.2, 0.25) is 0 Å². The van der Waals surface area contributed by atoms with Crippen molar-refractivity contribution in [3.8, 4) is 5.69 Å². The number of hydrogen-bond donors (Lipinski definition) is 0. The van der Waals surface area contributed by atoms with E-state index < -0.39 is 0 Å². The van der Waals surface area contributed by atoms with Crippen molar-refractivity contribution in [1.29, 1.82) is 0 Å². The van der Waals surface area contributed by atoms with Crippen LogP contribution in [0.3, 0.4) is 0 Å². The first-order valence-corrected chi connectivity index (χ1v) is 10.2. The Morgan fingerprint density at radius 3 is 2.60 bits per heavy atom. The number of nitrogens with zero attached hydrogens (tertiary/aromatic N) is 4. The summed E-state index contributed by atoms with van der Waals surface area (Å²) in [7, 11) is 0. The minimum absolute atomic E-state index is 0.0324. The average molecular weight is 398 g/mol. The van der Waals surface area contributed by atoms with E-state index in [1.165, 1.54) is 28.2 Å². The zero-order valence-corrected chi connectivity index (χ0v) is 17.1. The number of benzene rings is 2. The van der Waals surface area contributed by atoms with Crippen LogP contribution in [0.2, 0.25) is 0 Å². The molecule has 0 atom stereocenters. The third-order valence-electron chi connectivity index (χ3n) is 5.74. The van der Waals surface area contributed by atoms with E-state index in [2.05, 4.69) is 16.1 Å². The van der Waals surface area contributed by atoms with E-state index >= 15 is 0 Å². The standard InChI is InChI=1S/C24H22N4O2/c1-15-8-16(2)10-20(9-15)28-23-21(12-26-28)24(30)27(14-25-23)13-22(29)19-7-6-17-4-3-5-18(17)11-19/h6-12,14H,3-5,13H2,1-2H3. The van der Waals surface area contributed by atoms with Gasteiger partial charge in [-0.15, -0.1) is 0 Å². The lowest BCUT2D eigenvalue weighted by Gasteiger charge is -2.08. The van der Waals surface area contributed by atoms with Crippen LogP contribution in [0, 0.1) is 13.8 Å². The highest BCUT2D eigenvalue weighted by atomic mass is 16.1. The van der Waals surface area contributed by atoms with Crippen LogP contribution in [0.25, 0.3) is 16.7 Å². The Labute approximate surface area is 173 Å². The zero-order chi connectivity index (χ0) is 20.8. The first-order valence-electron chi connectivity index (χ1n) is 10.2. The summed E-state index contributed by atoms with van der Waals surface area (Å²) in [4.78, 5) is 30.2. The summed E-state index contributed by atoms with van der Waals surface area (Å²) in [5.41, 5.74) is 6.54. The fourth-order valence-corrected chi connectivity index (χ4v) is 4.31. The molecular weight excluding hydrogens is 376 g/mol. The first kappa shape index (κ1) is 18.5. The van der Waals surface area contributed by atoms with E-state index in [1.54, 1.807) is 4.68 Å². The summed E-state index contributed by atoms with van der Waals surface area (Å²) < 4.78 is 3.04. The molecule has 0 N–H and O–H groups in total. The maximum atomic E-state index is 13.0. The number of carbonyl (C=O) groups excluding carboxylic acids is 1. The predicted molar refractivity (Wildman–Crippen MR) is 115 cm³/mol.